The predicted octanol–water partition coefficient (Wildman–Crippen LogP) is 1.67. The van der Waals surface area contributed by atoms with Crippen molar-refractivity contribution < 1.29 is 0 Å². The zero-order valence-corrected chi connectivity index (χ0v) is 10.1. The van der Waals surface area contributed by atoms with Crippen LogP contribution in [0, 0.1) is 0 Å². The number of para-hydroxylation sites is 1. The maximum atomic E-state index is 4.24. The van der Waals surface area contributed by atoms with Crippen LogP contribution >= 0.6 is 0 Å². The summed E-state index contributed by atoms with van der Waals surface area (Å²) < 4.78 is 1.66. The summed E-state index contributed by atoms with van der Waals surface area (Å²) in [6.45, 7) is 0.577. The van der Waals surface area contributed by atoms with Gasteiger partial charge in [-0.1, -0.05) is 29.4 Å². The topological polar surface area (TPSA) is 68.5 Å². The van der Waals surface area contributed by atoms with Crippen molar-refractivity contribution in [1.29, 1.82) is 0 Å². The third kappa shape index (κ3) is 2.57. The third-order valence-electron chi connectivity index (χ3n) is 2.62. The Bertz CT molecular complexity index is 635. The van der Waals surface area contributed by atoms with Gasteiger partial charge in [0.1, 0.15) is 0 Å². The summed E-state index contributed by atoms with van der Waals surface area (Å²) in [5.41, 5.74) is 1.85. The fourth-order valence-corrected chi connectivity index (χ4v) is 1.71. The van der Waals surface area contributed by atoms with Crippen molar-refractivity contribution in [3.05, 3.63) is 60.4 Å². The second-order valence-corrected chi connectivity index (χ2v) is 3.92. The minimum Gasteiger partial charge on any atom is -0.347 e. The van der Waals surface area contributed by atoms with Crippen LogP contribution in [0.15, 0.2) is 54.7 Å². The van der Waals surface area contributed by atoms with Crippen molar-refractivity contribution in [2.45, 2.75) is 6.54 Å². The number of hydrogen-bond acceptors (Lipinski definition) is 5. The number of nitrogens with one attached hydrogen (secondary N) is 1. The summed E-state index contributed by atoms with van der Waals surface area (Å²) in [6.07, 6.45) is 1.76. The van der Waals surface area contributed by atoms with Crippen molar-refractivity contribution in [3.63, 3.8) is 0 Å². The Balaban J connectivity index is 1.78. The zero-order valence-electron chi connectivity index (χ0n) is 10.1. The fraction of sp³-hybridized carbons (Fsp3) is 0.0769. The van der Waals surface area contributed by atoms with E-state index in [1.165, 1.54) is 0 Å². The molecule has 0 aliphatic rings. The van der Waals surface area contributed by atoms with Gasteiger partial charge in [-0.15, -0.1) is 0 Å². The van der Waals surface area contributed by atoms with Crippen LogP contribution in [-0.2, 0) is 6.54 Å². The number of benzene rings is 1. The number of tetrazole rings is 1. The van der Waals surface area contributed by atoms with Gasteiger partial charge in [-0.25, -0.2) is 0 Å². The molecule has 1 aromatic carbocycles. The molecule has 0 spiro atoms. The summed E-state index contributed by atoms with van der Waals surface area (Å²) in [7, 11) is 0. The van der Waals surface area contributed by atoms with Gasteiger partial charge in [0.15, 0.2) is 0 Å². The molecule has 0 aliphatic heterocycles. The van der Waals surface area contributed by atoms with E-state index in [1.54, 1.807) is 10.9 Å². The third-order valence-corrected chi connectivity index (χ3v) is 2.62. The molecule has 3 rings (SSSR count). The van der Waals surface area contributed by atoms with Crippen LogP contribution < -0.4 is 5.32 Å². The molecule has 2 heterocycles. The van der Waals surface area contributed by atoms with E-state index < -0.39 is 0 Å². The highest BCUT2D eigenvalue weighted by Gasteiger charge is 2.07. The SMILES string of the molecule is c1ccc(-n2nnnc2NCc2ccccn2)cc1. The molecule has 0 amide bonds. The van der Waals surface area contributed by atoms with E-state index in [2.05, 4.69) is 25.8 Å². The van der Waals surface area contributed by atoms with E-state index in [4.69, 9.17) is 0 Å². The highest BCUT2D eigenvalue weighted by molar-refractivity contribution is 5.38. The van der Waals surface area contributed by atoms with Gasteiger partial charge >= 0.3 is 0 Å². The van der Waals surface area contributed by atoms with Gasteiger partial charge in [0.05, 0.1) is 17.9 Å². The van der Waals surface area contributed by atoms with Crippen molar-refractivity contribution in [2.24, 2.45) is 0 Å². The molecule has 0 unspecified atom stereocenters. The zero-order chi connectivity index (χ0) is 12.9. The maximum Gasteiger partial charge on any atom is 0.248 e. The van der Waals surface area contributed by atoms with Crippen LogP contribution in [0.25, 0.3) is 5.69 Å². The van der Waals surface area contributed by atoms with Crippen LogP contribution in [0.5, 0.6) is 0 Å². The molecule has 0 bridgehead atoms. The second kappa shape index (κ2) is 5.26. The molecule has 6 nitrogen and oxygen atoms in total. The van der Waals surface area contributed by atoms with E-state index in [9.17, 15) is 0 Å². The number of pyridine rings is 1. The van der Waals surface area contributed by atoms with Gasteiger partial charge in [0.25, 0.3) is 0 Å². The van der Waals surface area contributed by atoms with Crippen molar-refractivity contribution in [2.75, 3.05) is 5.32 Å². The Morgan fingerprint density at radius 1 is 1.00 bits per heavy atom. The van der Waals surface area contributed by atoms with Gasteiger partial charge in [-0.3, -0.25) is 4.98 Å². The molecule has 2 aromatic heterocycles. The fourth-order valence-electron chi connectivity index (χ4n) is 1.71. The maximum absolute atomic E-state index is 4.24. The van der Waals surface area contributed by atoms with Crippen LogP contribution in [0.1, 0.15) is 5.69 Å². The molecule has 0 aliphatic carbocycles. The first-order valence-corrected chi connectivity index (χ1v) is 5.91. The quantitative estimate of drug-likeness (QED) is 0.765. The standard InChI is InChI=1S/C13H12N6/c1-2-7-12(8-3-1)19-13(16-17-18-19)15-10-11-6-4-5-9-14-11/h1-9H,10H2,(H,15,16,18). The van der Waals surface area contributed by atoms with Gasteiger partial charge < -0.3 is 5.32 Å². The molecule has 0 saturated carbocycles. The Hall–Kier alpha value is -2.76. The highest BCUT2D eigenvalue weighted by Crippen LogP contribution is 2.11. The molecule has 19 heavy (non-hydrogen) atoms. The van der Waals surface area contributed by atoms with Crippen LogP contribution in [0.3, 0.4) is 0 Å². The Labute approximate surface area is 110 Å². The van der Waals surface area contributed by atoms with Gasteiger partial charge in [-0.05, 0) is 34.7 Å². The van der Waals surface area contributed by atoms with Gasteiger partial charge in [0.2, 0.25) is 5.95 Å². The van der Waals surface area contributed by atoms with Crippen molar-refractivity contribution in [1.82, 2.24) is 25.2 Å². The van der Waals surface area contributed by atoms with Crippen molar-refractivity contribution >= 4 is 5.95 Å². The number of anilines is 1. The van der Waals surface area contributed by atoms with E-state index in [0.717, 1.165) is 11.4 Å². The van der Waals surface area contributed by atoms with Crippen molar-refractivity contribution in [3.8, 4) is 5.69 Å². The Morgan fingerprint density at radius 2 is 1.84 bits per heavy atom. The van der Waals surface area contributed by atoms with Gasteiger partial charge in [0, 0.05) is 6.20 Å². The van der Waals surface area contributed by atoms with E-state index >= 15 is 0 Å². The summed E-state index contributed by atoms with van der Waals surface area (Å²) in [5, 5.41) is 14.8. The largest absolute Gasteiger partial charge is 0.347 e. The molecule has 0 fully saturated rings. The number of aromatic nitrogens is 5. The summed E-state index contributed by atoms with van der Waals surface area (Å²) in [4.78, 5) is 4.24. The molecule has 94 valence electrons. The lowest BCUT2D eigenvalue weighted by Gasteiger charge is -2.06. The summed E-state index contributed by atoms with van der Waals surface area (Å²) in [6, 6.07) is 15.5. The number of rotatable bonds is 4. The first-order chi connectivity index (χ1) is 9.43. The lowest BCUT2D eigenvalue weighted by atomic mass is 10.3. The molecule has 1 N–H and O–H groups in total. The average molecular weight is 252 g/mol. The minimum absolute atomic E-state index is 0.577. The predicted molar refractivity (Wildman–Crippen MR) is 70.7 cm³/mol. The molecule has 6 heteroatoms. The smallest absolute Gasteiger partial charge is 0.248 e. The first kappa shape index (κ1) is 11.3. The molecular formula is C13H12N6. The molecule has 0 atom stereocenters. The minimum atomic E-state index is 0.577. The lowest BCUT2D eigenvalue weighted by molar-refractivity contribution is 0.789. The second-order valence-electron chi connectivity index (χ2n) is 3.92. The highest BCUT2D eigenvalue weighted by atomic mass is 15.6. The lowest BCUT2D eigenvalue weighted by Crippen LogP contribution is -2.08. The summed E-state index contributed by atoms with van der Waals surface area (Å²) >= 11 is 0. The first-order valence-electron chi connectivity index (χ1n) is 5.91. The van der Waals surface area contributed by atoms with E-state index in [1.807, 2.05) is 48.5 Å². The summed E-state index contributed by atoms with van der Waals surface area (Å²) in [5.74, 6) is 0.594. The average Bonchev–Trinajstić information content (AvgIpc) is 2.95. The number of hydrogen-bond donors (Lipinski definition) is 1. The molecule has 0 saturated heterocycles. The van der Waals surface area contributed by atoms with Crippen LogP contribution in [0.4, 0.5) is 5.95 Å². The molecule has 3 aromatic rings. The van der Waals surface area contributed by atoms with Gasteiger partial charge in [-0.2, -0.15) is 4.68 Å². The Morgan fingerprint density at radius 3 is 2.63 bits per heavy atom. The molecular weight excluding hydrogens is 240 g/mol. The molecule has 0 radical (unpaired) electrons. The number of nitrogens with zero attached hydrogens (tertiary/aromatic N) is 5. The van der Waals surface area contributed by atoms with Crippen LogP contribution in [0.2, 0.25) is 0 Å². The Kier molecular flexibility index (Phi) is 3.14. The normalized spacial score (nSPS) is 10.3. The van der Waals surface area contributed by atoms with E-state index in [0.29, 0.717) is 12.5 Å². The van der Waals surface area contributed by atoms with Crippen LogP contribution in [-0.4, -0.2) is 25.2 Å². The van der Waals surface area contributed by atoms with E-state index in [-0.39, 0.29) is 0 Å². The monoisotopic (exact) mass is 252 g/mol.